The highest BCUT2D eigenvalue weighted by molar-refractivity contribution is 4.77. The van der Waals surface area contributed by atoms with Gasteiger partial charge in [-0.1, -0.05) is 48.5 Å². The van der Waals surface area contributed by atoms with Crippen molar-refractivity contribution >= 4 is 0 Å². The third kappa shape index (κ3) is 8.26. The molecule has 6 unspecified atom stereocenters. The van der Waals surface area contributed by atoms with Crippen molar-refractivity contribution in [2.24, 2.45) is 35.3 Å². The predicted octanol–water partition coefficient (Wildman–Crippen LogP) is 2.72. The summed E-state index contributed by atoms with van der Waals surface area (Å²) in [4.78, 5) is 0. The first-order valence-electron chi connectivity index (χ1n) is 9.46. The molecule has 5 heteroatoms. The highest BCUT2D eigenvalue weighted by Crippen LogP contribution is 2.27. The molecule has 0 saturated carbocycles. The van der Waals surface area contributed by atoms with Gasteiger partial charge in [-0.25, -0.2) is 0 Å². The van der Waals surface area contributed by atoms with Crippen molar-refractivity contribution in [3.8, 4) is 0 Å². The second kappa shape index (κ2) is 11.4. The molecule has 0 amide bonds. The number of aliphatic hydroxyl groups is 3. The first-order chi connectivity index (χ1) is 11.0. The van der Waals surface area contributed by atoms with Crippen molar-refractivity contribution in [2.45, 2.75) is 92.5 Å². The Balaban J connectivity index is 4.60. The maximum absolute atomic E-state index is 10.6. The van der Waals surface area contributed by atoms with E-state index < -0.39 is 24.5 Å². The third-order valence-electron chi connectivity index (χ3n) is 5.06. The van der Waals surface area contributed by atoms with Gasteiger partial charge < -0.3 is 25.8 Å². The average Bonchev–Trinajstić information content (AvgIpc) is 2.48. The molecule has 24 heavy (non-hydrogen) atoms. The molecule has 0 aromatic rings. The van der Waals surface area contributed by atoms with Gasteiger partial charge in [-0.3, -0.25) is 0 Å². The molecular weight excluding hydrogens is 306 g/mol. The average molecular weight is 348 g/mol. The minimum Gasteiger partial charge on any atom is -0.392 e. The molecule has 146 valence electrons. The zero-order valence-electron chi connectivity index (χ0n) is 16.6. The van der Waals surface area contributed by atoms with Crippen LogP contribution >= 0.6 is 0 Å². The van der Waals surface area contributed by atoms with E-state index in [9.17, 15) is 15.3 Å². The normalized spacial score (nSPS) is 22.5. The van der Waals surface area contributed by atoms with Gasteiger partial charge in [0.1, 0.15) is 6.23 Å². The molecule has 0 aliphatic heterocycles. The Kier molecular flexibility index (Phi) is 11.3. The lowest BCUT2D eigenvalue weighted by Crippen LogP contribution is -2.42. The van der Waals surface area contributed by atoms with E-state index in [0.717, 1.165) is 12.8 Å². The Labute approximate surface area is 148 Å². The van der Waals surface area contributed by atoms with Gasteiger partial charge in [0, 0.05) is 11.8 Å². The molecule has 5 N–H and O–H groups in total. The van der Waals surface area contributed by atoms with Crippen molar-refractivity contribution in [3.05, 3.63) is 0 Å². The molecule has 0 aromatic heterocycles. The quantitative estimate of drug-likeness (QED) is 0.407. The summed E-state index contributed by atoms with van der Waals surface area (Å²) < 4.78 is 5.68. The zero-order valence-corrected chi connectivity index (χ0v) is 16.6. The van der Waals surface area contributed by atoms with Gasteiger partial charge in [-0.05, 0) is 37.0 Å². The Morgan fingerprint density at radius 2 is 1.42 bits per heavy atom. The van der Waals surface area contributed by atoms with Crippen molar-refractivity contribution in [1.29, 1.82) is 0 Å². The maximum atomic E-state index is 10.6. The van der Waals surface area contributed by atoms with Crippen LogP contribution < -0.4 is 5.73 Å². The number of hydrogen-bond donors (Lipinski definition) is 4. The number of nitrogens with two attached hydrogens (primary N) is 1. The highest BCUT2D eigenvalue weighted by atomic mass is 16.6. The van der Waals surface area contributed by atoms with E-state index in [1.807, 2.05) is 13.8 Å². The van der Waals surface area contributed by atoms with E-state index in [-0.39, 0.29) is 17.9 Å². The fraction of sp³-hybridized carbons (Fsp3) is 1.00. The number of ether oxygens (including phenoxy) is 1. The van der Waals surface area contributed by atoms with Gasteiger partial charge in [0.2, 0.25) is 0 Å². The summed E-state index contributed by atoms with van der Waals surface area (Å²) in [6.07, 6.45) is -0.349. The lowest BCUT2D eigenvalue weighted by Gasteiger charge is -2.33. The SMILES string of the molecule is CCC(OC(O)C(C)C(O)[C@@H](C)C[C@H](C)CC(C)C)C(C)C(N)O. The molecule has 5 nitrogen and oxygen atoms in total. The van der Waals surface area contributed by atoms with Crippen LogP contribution in [0.5, 0.6) is 0 Å². The first kappa shape index (κ1) is 23.8. The molecule has 0 bridgehead atoms. The van der Waals surface area contributed by atoms with Crippen LogP contribution in [-0.4, -0.2) is 40.0 Å². The van der Waals surface area contributed by atoms with E-state index >= 15 is 0 Å². The van der Waals surface area contributed by atoms with Crippen LogP contribution in [0, 0.1) is 29.6 Å². The monoisotopic (exact) mass is 347 g/mol. The van der Waals surface area contributed by atoms with Gasteiger partial charge >= 0.3 is 0 Å². The molecule has 0 aliphatic rings. The molecular formula is C19H41NO4. The Bertz CT molecular complexity index is 324. The topological polar surface area (TPSA) is 95.9 Å². The van der Waals surface area contributed by atoms with Crippen LogP contribution in [0.1, 0.15) is 67.7 Å². The van der Waals surface area contributed by atoms with Gasteiger partial charge in [-0.2, -0.15) is 0 Å². The van der Waals surface area contributed by atoms with Crippen molar-refractivity contribution in [1.82, 2.24) is 0 Å². The minimum atomic E-state index is -1.07. The highest BCUT2D eigenvalue weighted by Gasteiger charge is 2.32. The fourth-order valence-electron chi connectivity index (χ4n) is 3.48. The fourth-order valence-corrected chi connectivity index (χ4v) is 3.48. The number of rotatable bonds is 12. The molecule has 0 radical (unpaired) electrons. The largest absolute Gasteiger partial charge is 0.392 e. The Morgan fingerprint density at radius 3 is 1.83 bits per heavy atom. The van der Waals surface area contributed by atoms with Gasteiger partial charge in [0.15, 0.2) is 6.29 Å². The lowest BCUT2D eigenvalue weighted by atomic mass is 9.84. The third-order valence-corrected chi connectivity index (χ3v) is 5.06. The molecule has 0 spiro atoms. The predicted molar refractivity (Wildman–Crippen MR) is 98.1 cm³/mol. The maximum Gasteiger partial charge on any atom is 0.159 e. The molecule has 0 heterocycles. The van der Waals surface area contributed by atoms with E-state index in [1.165, 1.54) is 0 Å². The smallest absolute Gasteiger partial charge is 0.159 e. The van der Waals surface area contributed by atoms with Gasteiger partial charge in [-0.15, -0.1) is 0 Å². The summed E-state index contributed by atoms with van der Waals surface area (Å²) in [7, 11) is 0. The van der Waals surface area contributed by atoms with Crippen molar-refractivity contribution in [3.63, 3.8) is 0 Å². The van der Waals surface area contributed by atoms with Crippen LogP contribution in [0.4, 0.5) is 0 Å². The molecule has 0 saturated heterocycles. The summed E-state index contributed by atoms with van der Waals surface area (Å²) in [5, 5.41) is 30.4. The van der Waals surface area contributed by atoms with Gasteiger partial charge in [0.25, 0.3) is 0 Å². The summed E-state index contributed by atoms with van der Waals surface area (Å²) in [6.45, 7) is 14.2. The second-order valence-electron chi connectivity index (χ2n) is 8.12. The zero-order chi connectivity index (χ0) is 19.0. The van der Waals surface area contributed by atoms with Crippen LogP contribution in [0.25, 0.3) is 0 Å². The molecule has 0 rings (SSSR count). The summed E-state index contributed by atoms with van der Waals surface area (Å²) in [6, 6.07) is 0. The lowest BCUT2D eigenvalue weighted by molar-refractivity contribution is -0.202. The summed E-state index contributed by atoms with van der Waals surface area (Å²) >= 11 is 0. The van der Waals surface area contributed by atoms with E-state index in [2.05, 4.69) is 20.8 Å². The molecule has 0 aliphatic carbocycles. The summed E-state index contributed by atoms with van der Waals surface area (Å²) in [5.41, 5.74) is 5.51. The second-order valence-corrected chi connectivity index (χ2v) is 8.12. The van der Waals surface area contributed by atoms with Gasteiger partial charge in [0.05, 0.1) is 12.2 Å². The van der Waals surface area contributed by atoms with Crippen LogP contribution in [0.15, 0.2) is 0 Å². The van der Waals surface area contributed by atoms with E-state index in [4.69, 9.17) is 10.5 Å². The summed E-state index contributed by atoms with van der Waals surface area (Å²) in [5.74, 6) is 0.588. The molecule has 0 aromatic carbocycles. The first-order valence-corrected chi connectivity index (χ1v) is 9.46. The van der Waals surface area contributed by atoms with Crippen molar-refractivity contribution in [2.75, 3.05) is 0 Å². The van der Waals surface area contributed by atoms with Crippen LogP contribution in [-0.2, 0) is 4.74 Å². The standard InChI is InChI=1S/C19H41NO4/c1-8-16(14(6)18(20)22)24-19(23)15(7)17(21)13(5)10-12(4)9-11(2)3/h11-19,21-23H,8-10,20H2,1-7H3/t12-,13+,14?,15?,16?,17?,18?,19?/m1/s1. The van der Waals surface area contributed by atoms with Crippen LogP contribution in [0.2, 0.25) is 0 Å². The molecule has 8 atom stereocenters. The Morgan fingerprint density at radius 1 is 0.875 bits per heavy atom. The molecule has 0 fully saturated rings. The van der Waals surface area contributed by atoms with E-state index in [0.29, 0.717) is 18.3 Å². The van der Waals surface area contributed by atoms with E-state index in [1.54, 1.807) is 13.8 Å². The van der Waals surface area contributed by atoms with Crippen molar-refractivity contribution < 1.29 is 20.1 Å². The number of hydrogen-bond acceptors (Lipinski definition) is 5. The minimum absolute atomic E-state index is 0.0876. The van der Waals surface area contributed by atoms with Crippen LogP contribution in [0.3, 0.4) is 0 Å². The Hall–Kier alpha value is -0.200. The number of aliphatic hydroxyl groups excluding tert-OH is 3.